The number of nitrogens with zero attached hydrogens (tertiary/aromatic N) is 1. The smallest absolute Gasteiger partial charge is 0.394 e. The van der Waals surface area contributed by atoms with E-state index in [1.165, 1.54) is 0 Å². The molecule has 1 aliphatic heterocycles. The summed E-state index contributed by atoms with van der Waals surface area (Å²) in [5.74, 6) is -5.64. The summed E-state index contributed by atoms with van der Waals surface area (Å²) in [6.07, 6.45) is -3.98. The summed E-state index contributed by atoms with van der Waals surface area (Å²) in [7, 11) is 0. The quantitative estimate of drug-likeness (QED) is 0.915. The van der Waals surface area contributed by atoms with Crippen molar-refractivity contribution in [1.82, 2.24) is 4.90 Å². The molecule has 0 spiro atoms. The van der Waals surface area contributed by atoms with E-state index in [1.807, 2.05) is 18.4 Å². The molecule has 4 nitrogen and oxygen atoms in total. The number of rotatable bonds is 3. The second kappa shape index (κ2) is 5.51. The van der Waals surface area contributed by atoms with Crippen LogP contribution in [0.4, 0.5) is 13.2 Å². The highest BCUT2D eigenvalue weighted by Gasteiger charge is 2.56. The third-order valence-electron chi connectivity index (χ3n) is 4.72. The molecule has 2 aliphatic rings. The predicted molar refractivity (Wildman–Crippen MR) is 77.2 cm³/mol. The summed E-state index contributed by atoms with van der Waals surface area (Å²) in [5.41, 5.74) is 1.09. The molecule has 0 radical (unpaired) electrons. The van der Waals surface area contributed by atoms with Crippen LogP contribution in [0.25, 0.3) is 0 Å². The molecule has 1 aromatic rings. The Morgan fingerprint density at radius 3 is 2.48 bits per heavy atom. The second-order valence-corrected chi connectivity index (χ2v) is 7.20. The Bertz CT molecular complexity index is 642. The number of likely N-dealkylation sites (tertiary alicyclic amines) is 1. The molecule has 1 N–H and O–H groups in total. The second-order valence-electron chi connectivity index (χ2n) is 6.25. The lowest BCUT2D eigenvalue weighted by Crippen LogP contribution is -2.34. The van der Waals surface area contributed by atoms with E-state index in [4.69, 9.17) is 5.11 Å². The maximum absolute atomic E-state index is 13.0. The number of aliphatic carboxylic acids is 1. The minimum atomic E-state index is -4.61. The molecule has 1 aliphatic carbocycles. The number of thiophene rings is 1. The van der Waals surface area contributed by atoms with Crippen molar-refractivity contribution in [2.45, 2.75) is 25.4 Å². The van der Waals surface area contributed by atoms with E-state index in [-0.39, 0.29) is 24.3 Å². The van der Waals surface area contributed by atoms with Gasteiger partial charge in [0.2, 0.25) is 5.91 Å². The van der Waals surface area contributed by atoms with Crippen molar-refractivity contribution in [1.29, 1.82) is 0 Å². The van der Waals surface area contributed by atoms with Crippen molar-refractivity contribution in [3.63, 3.8) is 0 Å². The molecule has 23 heavy (non-hydrogen) atoms. The van der Waals surface area contributed by atoms with Crippen molar-refractivity contribution in [3.8, 4) is 0 Å². The number of carboxylic acids is 1. The number of carbonyl (C=O) groups is 2. The van der Waals surface area contributed by atoms with Crippen LogP contribution in [0, 0.1) is 24.7 Å². The zero-order valence-corrected chi connectivity index (χ0v) is 13.2. The van der Waals surface area contributed by atoms with E-state index in [0.717, 1.165) is 15.3 Å². The number of alkyl halides is 3. The Labute approximate surface area is 134 Å². The lowest BCUT2D eigenvalue weighted by molar-refractivity contribution is -0.188. The first kappa shape index (κ1) is 16.3. The van der Waals surface area contributed by atoms with Gasteiger partial charge < -0.3 is 10.0 Å². The largest absolute Gasteiger partial charge is 0.481 e. The minimum Gasteiger partial charge on any atom is -0.481 e. The molecular weight excluding hydrogens is 331 g/mol. The molecule has 2 unspecified atom stereocenters. The van der Waals surface area contributed by atoms with Gasteiger partial charge in [0.1, 0.15) is 0 Å². The standard InChI is InChI=1S/C15H16F3NO3S/c1-7-2-3-23-12(7)8-4-9(8)13(20)19-5-10(14(21)22)11(6-19)15(16,17)18/h2-3,8-11H,4-6H2,1H3,(H,21,22)/t8?,9?,10-,11-/m1/s1. The first-order chi connectivity index (χ1) is 10.7. The van der Waals surface area contributed by atoms with Gasteiger partial charge in [-0.1, -0.05) is 0 Å². The Kier molecular flexibility index (Phi) is 3.90. The third-order valence-corrected chi connectivity index (χ3v) is 5.87. The molecule has 2 fully saturated rings. The van der Waals surface area contributed by atoms with Crippen LogP contribution < -0.4 is 0 Å². The number of carboxylic acid groups (broad SMARTS) is 1. The van der Waals surface area contributed by atoms with Gasteiger partial charge in [-0.15, -0.1) is 11.3 Å². The average molecular weight is 347 g/mol. The maximum atomic E-state index is 13.0. The van der Waals surface area contributed by atoms with Crippen molar-refractivity contribution in [3.05, 3.63) is 21.9 Å². The van der Waals surface area contributed by atoms with Gasteiger partial charge >= 0.3 is 12.1 Å². The highest BCUT2D eigenvalue weighted by molar-refractivity contribution is 7.10. The molecule has 3 rings (SSSR count). The summed E-state index contributed by atoms with van der Waals surface area (Å²) in [6, 6.07) is 1.95. The topological polar surface area (TPSA) is 57.6 Å². The van der Waals surface area contributed by atoms with Gasteiger partial charge in [0.25, 0.3) is 0 Å². The summed E-state index contributed by atoms with van der Waals surface area (Å²) in [5, 5.41) is 10.9. The number of hydrogen-bond acceptors (Lipinski definition) is 3. The maximum Gasteiger partial charge on any atom is 0.394 e. The summed E-state index contributed by atoms with van der Waals surface area (Å²) >= 11 is 1.55. The van der Waals surface area contributed by atoms with Crippen molar-refractivity contribution >= 4 is 23.2 Å². The molecule has 126 valence electrons. The van der Waals surface area contributed by atoms with Gasteiger partial charge in [0.05, 0.1) is 11.8 Å². The van der Waals surface area contributed by atoms with Crippen LogP contribution in [0.15, 0.2) is 11.4 Å². The summed E-state index contributed by atoms with van der Waals surface area (Å²) < 4.78 is 38.9. The number of amides is 1. The minimum absolute atomic E-state index is 0.0655. The van der Waals surface area contributed by atoms with E-state index in [2.05, 4.69) is 0 Å². The lowest BCUT2D eigenvalue weighted by Gasteiger charge is -2.18. The fourth-order valence-electron chi connectivity index (χ4n) is 3.32. The fourth-order valence-corrected chi connectivity index (χ4v) is 4.43. The monoisotopic (exact) mass is 347 g/mol. The van der Waals surface area contributed by atoms with Gasteiger partial charge in [0, 0.05) is 29.8 Å². The number of hydrogen-bond donors (Lipinski definition) is 1. The molecule has 4 atom stereocenters. The van der Waals surface area contributed by atoms with Crippen LogP contribution in [0.3, 0.4) is 0 Å². The first-order valence-corrected chi connectivity index (χ1v) is 8.20. The molecule has 0 bridgehead atoms. The van der Waals surface area contributed by atoms with E-state index < -0.39 is 30.5 Å². The summed E-state index contributed by atoms with van der Waals surface area (Å²) in [4.78, 5) is 25.7. The number of aryl methyl sites for hydroxylation is 1. The highest BCUT2D eigenvalue weighted by Crippen LogP contribution is 2.52. The first-order valence-electron chi connectivity index (χ1n) is 7.32. The zero-order chi connectivity index (χ0) is 16.9. The molecule has 1 saturated carbocycles. The predicted octanol–water partition coefficient (Wildman–Crippen LogP) is 2.88. The number of halogens is 3. The van der Waals surface area contributed by atoms with E-state index in [9.17, 15) is 22.8 Å². The van der Waals surface area contributed by atoms with Crippen LogP contribution in [-0.4, -0.2) is 41.1 Å². The van der Waals surface area contributed by atoms with Crippen molar-refractivity contribution in [2.75, 3.05) is 13.1 Å². The Balaban J connectivity index is 1.70. The Hall–Kier alpha value is -1.57. The van der Waals surface area contributed by atoms with Crippen LogP contribution in [0.5, 0.6) is 0 Å². The van der Waals surface area contributed by atoms with Crippen LogP contribution in [-0.2, 0) is 9.59 Å². The van der Waals surface area contributed by atoms with Crippen molar-refractivity contribution < 1.29 is 27.9 Å². The number of carbonyl (C=O) groups excluding carboxylic acids is 1. The molecule has 0 aromatic carbocycles. The third kappa shape index (κ3) is 2.96. The Morgan fingerprint density at radius 2 is 2.00 bits per heavy atom. The van der Waals surface area contributed by atoms with Gasteiger partial charge in [-0.25, -0.2) is 0 Å². The van der Waals surface area contributed by atoms with Gasteiger partial charge in [-0.05, 0) is 30.4 Å². The van der Waals surface area contributed by atoms with E-state index >= 15 is 0 Å². The van der Waals surface area contributed by atoms with Gasteiger partial charge in [-0.3, -0.25) is 9.59 Å². The Morgan fingerprint density at radius 1 is 1.30 bits per heavy atom. The normalized spacial score (nSPS) is 30.5. The molecule has 1 amide bonds. The van der Waals surface area contributed by atoms with Crippen LogP contribution in [0.1, 0.15) is 22.8 Å². The highest BCUT2D eigenvalue weighted by atomic mass is 32.1. The average Bonchev–Trinajstić information content (AvgIpc) is 2.90. The fraction of sp³-hybridized carbons (Fsp3) is 0.600. The SMILES string of the molecule is Cc1ccsc1C1CC1C(=O)N1C[C@@H](C(F)(F)F)[C@H](C(=O)O)C1. The van der Waals surface area contributed by atoms with Gasteiger partial charge in [-0.2, -0.15) is 13.2 Å². The van der Waals surface area contributed by atoms with E-state index in [1.54, 1.807) is 11.3 Å². The molecular formula is C15H16F3NO3S. The molecule has 8 heteroatoms. The summed E-state index contributed by atoms with van der Waals surface area (Å²) in [6.45, 7) is 1.04. The van der Waals surface area contributed by atoms with E-state index in [0.29, 0.717) is 6.42 Å². The lowest BCUT2D eigenvalue weighted by atomic mass is 9.96. The molecule has 2 heterocycles. The zero-order valence-electron chi connectivity index (χ0n) is 12.3. The molecule has 1 aromatic heterocycles. The van der Waals surface area contributed by atoms with Crippen LogP contribution >= 0.6 is 11.3 Å². The van der Waals surface area contributed by atoms with Crippen molar-refractivity contribution in [2.24, 2.45) is 17.8 Å². The van der Waals surface area contributed by atoms with Gasteiger partial charge in [0.15, 0.2) is 0 Å². The van der Waals surface area contributed by atoms with Crippen LogP contribution in [0.2, 0.25) is 0 Å². The molecule has 1 saturated heterocycles.